The molecule has 0 unspecified atom stereocenters. The number of rotatable bonds is 3. The zero-order chi connectivity index (χ0) is 8.10. The number of benzene rings is 1. The van der Waals surface area contributed by atoms with Gasteiger partial charge in [0, 0.05) is 10.6 Å². The topological polar surface area (TPSA) is 27.6 Å². The average Bonchev–Trinajstić information content (AvgIpc) is 2.04. The largest absolute Gasteiger partial charge is 0.357 e. The summed E-state index contributed by atoms with van der Waals surface area (Å²) in [4.78, 5) is 1.35. The van der Waals surface area contributed by atoms with E-state index in [0.29, 0.717) is 0 Å². The van der Waals surface area contributed by atoms with Crippen LogP contribution >= 0.6 is 11.8 Å². The molecule has 0 aromatic heterocycles. The SMILES string of the molecule is Cc1ccc(SCC[NH3+])cc1. The minimum absolute atomic E-state index is 0.999. The highest BCUT2D eigenvalue weighted by Crippen LogP contribution is 2.16. The molecule has 1 aromatic carbocycles. The lowest BCUT2D eigenvalue weighted by molar-refractivity contribution is -0.360. The summed E-state index contributed by atoms with van der Waals surface area (Å²) in [5.41, 5.74) is 5.12. The summed E-state index contributed by atoms with van der Waals surface area (Å²) in [7, 11) is 0. The zero-order valence-electron chi connectivity index (χ0n) is 6.84. The summed E-state index contributed by atoms with van der Waals surface area (Å²) in [6.45, 7) is 3.11. The normalized spacial score (nSPS) is 10.0. The van der Waals surface area contributed by atoms with Gasteiger partial charge in [0.05, 0.1) is 6.54 Å². The van der Waals surface area contributed by atoms with Gasteiger partial charge in [-0.25, -0.2) is 0 Å². The first kappa shape index (κ1) is 8.62. The minimum Gasteiger partial charge on any atom is -0.357 e. The van der Waals surface area contributed by atoms with E-state index < -0.39 is 0 Å². The monoisotopic (exact) mass is 168 g/mol. The second-order valence-electron chi connectivity index (χ2n) is 2.52. The van der Waals surface area contributed by atoms with E-state index in [2.05, 4.69) is 36.9 Å². The van der Waals surface area contributed by atoms with Gasteiger partial charge in [0.1, 0.15) is 0 Å². The standard InChI is InChI=1S/C9H13NS/c1-8-2-4-9(5-3-8)11-7-6-10/h2-5H,6-7,10H2,1H3/p+1. The molecule has 0 spiro atoms. The van der Waals surface area contributed by atoms with Crippen molar-refractivity contribution < 1.29 is 5.73 Å². The van der Waals surface area contributed by atoms with E-state index in [1.807, 2.05) is 11.8 Å². The smallest absolute Gasteiger partial charge is 0.0835 e. The van der Waals surface area contributed by atoms with E-state index >= 15 is 0 Å². The Labute approximate surface area is 72.0 Å². The van der Waals surface area contributed by atoms with Crippen molar-refractivity contribution in [2.24, 2.45) is 0 Å². The summed E-state index contributed by atoms with van der Waals surface area (Å²) in [5, 5.41) is 0. The van der Waals surface area contributed by atoms with Gasteiger partial charge in [-0.15, -0.1) is 11.8 Å². The quantitative estimate of drug-likeness (QED) is 0.677. The lowest BCUT2D eigenvalue weighted by atomic mass is 10.2. The van der Waals surface area contributed by atoms with Crippen LogP contribution < -0.4 is 5.73 Å². The molecular formula is C9H14NS+. The highest BCUT2D eigenvalue weighted by Gasteiger charge is 1.91. The highest BCUT2D eigenvalue weighted by atomic mass is 32.2. The van der Waals surface area contributed by atoms with Crippen molar-refractivity contribution in [3.63, 3.8) is 0 Å². The van der Waals surface area contributed by atoms with Gasteiger partial charge in [-0.05, 0) is 19.1 Å². The molecule has 1 rings (SSSR count). The van der Waals surface area contributed by atoms with E-state index in [0.717, 1.165) is 12.3 Å². The number of hydrogen-bond donors (Lipinski definition) is 1. The molecule has 0 fully saturated rings. The summed E-state index contributed by atoms with van der Waals surface area (Å²) < 4.78 is 0. The third-order valence-electron chi connectivity index (χ3n) is 1.43. The Kier molecular flexibility index (Phi) is 3.46. The van der Waals surface area contributed by atoms with Crippen molar-refractivity contribution >= 4 is 11.8 Å². The zero-order valence-corrected chi connectivity index (χ0v) is 7.66. The molecule has 3 N–H and O–H groups in total. The molecule has 0 bridgehead atoms. The van der Waals surface area contributed by atoms with Gasteiger partial charge in [-0.2, -0.15) is 0 Å². The highest BCUT2D eigenvalue weighted by molar-refractivity contribution is 7.99. The Morgan fingerprint density at radius 1 is 1.27 bits per heavy atom. The second-order valence-corrected chi connectivity index (χ2v) is 3.68. The van der Waals surface area contributed by atoms with Crippen LogP contribution in [0, 0.1) is 6.92 Å². The molecule has 60 valence electrons. The molecule has 0 heterocycles. The Morgan fingerprint density at radius 3 is 2.45 bits per heavy atom. The van der Waals surface area contributed by atoms with Crippen molar-refractivity contribution in [1.29, 1.82) is 0 Å². The summed E-state index contributed by atoms with van der Waals surface area (Å²) in [5.74, 6) is 1.11. The predicted octanol–water partition coefficient (Wildman–Crippen LogP) is 1.33. The van der Waals surface area contributed by atoms with Gasteiger partial charge in [0.25, 0.3) is 0 Å². The summed E-state index contributed by atoms with van der Waals surface area (Å²) in [6, 6.07) is 8.61. The first-order chi connectivity index (χ1) is 5.33. The lowest BCUT2D eigenvalue weighted by Crippen LogP contribution is -2.51. The van der Waals surface area contributed by atoms with Crippen LogP contribution in [0.5, 0.6) is 0 Å². The molecule has 0 saturated carbocycles. The Hall–Kier alpha value is -0.470. The fraction of sp³-hybridized carbons (Fsp3) is 0.333. The van der Waals surface area contributed by atoms with E-state index in [4.69, 9.17) is 0 Å². The van der Waals surface area contributed by atoms with Crippen LogP contribution in [0.1, 0.15) is 5.56 Å². The third kappa shape index (κ3) is 2.95. The number of thioether (sulfide) groups is 1. The molecule has 11 heavy (non-hydrogen) atoms. The van der Waals surface area contributed by atoms with E-state index in [9.17, 15) is 0 Å². The van der Waals surface area contributed by atoms with E-state index in [1.165, 1.54) is 10.5 Å². The predicted molar refractivity (Wildman–Crippen MR) is 49.7 cm³/mol. The molecule has 1 nitrogen and oxygen atoms in total. The van der Waals surface area contributed by atoms with Crippen LogP contribution in [0.3, 0.4) is 0 Å². The minimum atomic E-state index is 0.999. The Morgan fingerprint density at radius 2 is 1.91 bits per heavy atom. The van der Waals surface area contributed by atoms with Gasteiger partial charge in [0.15, 0.2) is 0 Å². The molecule has 2 heteroatoms. The molecule has 0 aliphatic carbocycles. The molecule has 0 amide bonds. The van der Waals surface area contributed by atoms with Gasteiger partial charge in [-0.1, -0.05) is 17.7 Å². The Bertz CT molecular complexity index is 205. The van der Waals surface area contributed by atoms with Crippen LogP contribution in [0.4, 0.5) is 0 Å². The van der Waals surface area contributed by atoms with Crippen molar-refractivity contribution in [3.05, 3.63) is 29.8 Å². The first-order valence-corrected chi connectivity index (χ1v) is 4.80. The van der Waals surface area contributed by atoms with E-state index in [1.54, 1.807) is 0 Å². The van der Waals surface area contributed by atoms with Gasteiger partial charge in [0.2, 0.25) is 0 Å². The maximum atomic E-state index is 3.80. The maximum absolute atomic E-state index is 3.80. The molecule has 0 aliphatic heterocycles. The summed E-state index contributed by atoms with van der Waals surface area (Å²) >= 11 is 1.87. The van der Waals surface area contributed by atoms with Crippen molar-refractivity contribution in [3.8, 4) is 0 Å². The van der Waals surface area contributed by atoms with E-state index in [-0.39, 0.29) is 0 Å². The summed E-state index contributed by atoms with van der Waals surface area (Å²) in [6.07, 6.45) is 0. The molecular weight excluding hydrogens is 154 g/mol. The van der Waals surface area contributed by atoms with Crippen molar-refractivity contribution in [2.75, 3.05) is 12.3 Å². The van der Waals surface area contributed by atoms with Crippen LogP contribution in [0.2, 0.25) is 0 Å². The van der Waals surface area contributed by atoms with Crippen LogP contribution in [0.25, 0.3) is 0 Å². The molecule has 0 aliphatic rings. The first-order valence-electron chi connectivity index (χ1n) is 3.81. The molecule has 0 radical (unpaired) electrons. The van der Waals surface area contributed by atoms with Gasteiger partial charge < -0.3 is 5.73 Å². The maximum Gasteiger partial charge on any atom is 0.0835 e. The number of aryl methyl sites for hydroxylation is 1. The van der Waals surface area contributed by atoms with Crippen molar-refractivity contribution in [2.45, 2.75) is 11.8 Å². The average molecular weight is 168 g/mol. The fourth-order valence-corrected chi connectivity index (χ4v) is 1.53. The Balaban J connectivity index is 2.52. The van der Waals surface area contributed by atoms with Crippen LogP contribution in [0.15, 0.2) is 29.2 Å². The molecule has 0 saturated heterocycles. The molecule has 1 aromatic rings. The number of quaternary nitrogens is 1. The van der Waals surface area contributed by atoms with Crippen LogP contribution in [-0.4, -0.2) is 12.3 Å². The second kappa shape index (κ2) is 4.42. The van der Waals surface area contributed by atoms with Crippen LogP contribution in [-0.2, 0) is 0 Å². The lowest BCUT2D eigenvalue weighted by Gasteiger charge is -1.97. The molecule has 0 atom stereocenters. The van der Waals surface area contributed by atoms with Crippen molar-refractivity contribution in [1.82, 2.24) is 0 Å². The number of hydrogen-bond acceptors (Lipinski definition) is 1. The van der Waals surface area contributed by atoms with Gasteiger partial charge in [-0.3, -0.25) is 0 Å². The fourth-order valence-electron chi connectivity index (χ4n) is 0.825. The van der Waals surface area contributed by atoms with Gasteiger partial charge >= 0.3 is 0 Å². The third-order valence-corrected chi connectivity index (χ3v) is 2.53.